The Morgan fingerprint density at radius 3 is 2.43 bits per heavy atom. The maximum absolute atomic E-state index is 13.1. The van der Waals surface area contributed by atoms with Gasteiger partial charge >= 0.3 is 0 Å². The van der Waals surface area contributed by atoms with E-state index in [1.54, 1.807) is 23.8 Å². The summed E-state index contributed by atoms with van der Waals surface area (Å²) in [4.78, 5) is 27.5. The van der Waals surface area contributed by atoms with E-state index < -0.39 is 6.04 Å². The third-order valence-electron chi connectivity index (χ3n) is 4.83. The van der Waals surface area contributed by atoms with Gasteiger partial charge in [0.05, 0.1) is 12.9 Å². The third kappa shape index (κ3) is 7.10. The minimum Gasteiger partial charge on any atom is -0.497 e. The zero-order chi connectivity index (χ0) is 21.9. The fourth-order valence-electron chi connectivity index (χ4n) is 3.28. The molecule has 162 valence electrons. The molecule has 0 aliphatic carbocycles. The van der Waals surface area contributed by atoms with Crippen LogP contribution in [0.2, 0.25) is 0 Å². The summed E-state index contributed by atoms with van der Waals surface area (Å²) in [5.74, 6) is 1.73. The van der Waals surface area contributed by atoms with E-state index in [4.69, 9.17) is 4.74 Å². The van der Waals surface area contributed by atoms with E-state index >= 15 is 0 Å². The molecule has 0 unspecified atom stereocenters. The van der Waals surface area contributed by atoms with Crippen LogP contribution in [-0.4, -0.2) is 42.2 Å². The number of benzene rings is 2. The van der Waals surface area contributed by atoms with Crippen molar-refractivity contribution in [2.24, 2.45) is 0 Å². The number of hydrogen-bond donors (Lipinski definition) is 1. The average Bonchev–Trinajstić information content (AvgIpc) is 2.74. The van der Waals surface area contributed by atoms with Crippen LogP contribution in [0.15, 0.2) is 48.5 Å². The number of aryl methyl sites for hydroxylation is 1. The zero-order valence-electron chi connectivity index (χ0n) is 18.3. The van der Waals surface area contributed by atoms with Crippen LogP contribution in [0, 0.1) is 6.92 Å². The van der Waals surface area contributed by atoms with Gasteiger partial charge in [-0.3, -0.25) is 9.59 Å². The summed E-state index contributed by atoms with van der Waals surface area (Å²) in [7, 11) is 1.62. The number of thioether (sulfide) groups is 1. The van der Waals surface area contributed by atoms with E-state index in [2.05, 4.69) is 30.4 Å². The first-order chi connectivity index (χ1) is 14.5. The van der Waals surface area contributed by atoms with Crippen molar-refractivity contribution in [1.29, 1.82) is 0 Å². The first-order valence-corrected chi connectivity index (χ1v) is 11.5. The van der Waals surface area contributed by atoms with Gasteiger partial charge in [-0.1, -0.05) is 48.9 Å². The van der Waals surface area contributed by atoms with Crippen molar-refractivity contribution < 1.29 is 14.3 Å². The maximum Gasteiger partial charge on any atom is 0.242 e. The molecule has 0 saturated carbocycles. The zero-order valence-corrected chi connectivity index (χ0v) is 19.1. The summed E-state index contributed by atoms with van der Waals surface area (Å²) in [5, 5.41) is 2.86. The Balaban J connectivity index is 2.11. The van der Waals surface area contributed by atoms with E-state index in [0.717, 1.165) is 17.1 Å². The minimum absolute atomic E-state index is 0.0263. The topological polar surface area (TPSA) is 58.6 Å². The van der Waals surface area contributed by atoms with Crippen molar-refractivity contribution in [3.63, 3.8) is 0 Å². The quantitative estimate of drug-likeness (QED) is 0.583. The van der Waals surface area contributed by atoms with Crippen LogP contribution >= 0.6 is 11.8 Å². The molecule has 0 bridgehead atoms. The number of ether oxygens (including phenoxy) is 1. The number of hydrogen-bond acceptors (Lipinski definition) is 4. The Labute approximate surface area is 184 Å². The van der Waals surface area contributed by atoms with E-state index in [9.17, 15) is 9.59 Å². The van der Waals surface area contributed by atoms with Gasteiger partial charge in [0, 0.05) is 18.8 Å². The molecular weight excluding hydrogens is 396 g/mol. The van der Waals surface area contributed by atoms with Crippen LogP contribution in [0.1, 0.15) is 37.0 Å². The molecule has 0 heterocycles. The van der Waals surface area contributed by atoms with Gasteiger partial charge in [0.25, 0.3) is 0 Å². The van der Waals surface area contributed by atoms with Crippen molar-refractivity contribution in [1.82, 2.24) is 10.2 Å². The monoisotopic (exact) mass is 428 g/mol. The summed E-state index contributed by atoms with van der Waals surface area (Å²) in [6.07, 6.45) is 0.566. The molecule has 30 heavy (non-hydrogen) atoms. The second-order valence-electron chi connectivity index (χ2n) is 7.17. The first-order valence-electron chi connectivity index (χ1n) is 10.3. The number of carbonyl (C=O) groups excluding carboxylic acids is 2. The second-order valence-corrected chi connectivity index (χ2v) is 8.16. The van der Waals surface area contributed by atoms with Gasteiger partial charge in [-0.15, -0.1) is 11.8 Å². The largest absolute Gasteiger partial charge is 0.497 e. The number of rotatable bonds is 11. The van der Waals surface area contributed by atoms with Crippen LogP contribution < -0.4 is 10.1 Å². The van der Waals surface area contributed by atoms with E-state index in [1.165, 1.54) is 11.1 Å². The molecule has 0 spiro atoms. The molecular formula is C24H32N2O3S. The minimum atomic E-state index is -0.487. The van der Waals surface area contributed by atoms with Gasteiger partial charge < -0.3 is 15.0 Å². The molecule has 0 aromatic heterocycles. The Bertz CT molecular complexity index is 823. The molecule has 5 nitrogen and oxygen atoms in total. The summed E-state index contributed by atoms with van der Waals surface area (Å²) in [6, 6.07) is 15.4. The van der Waals surface area contributed by atoms with Crippen LogP contribution in [0.3, 0.4) is 0 Å². The second kappa shape index (κ2) is 12.3. The number of likely N-dealkylation sites (N-methyl/N-ethyl adjacent to an activating group) is 1. The predicted molar refractivity (Wildman–Crippen MR) is 124 cm³/mol. The normalized spacial score (nSPS) is 11.6. The van der Waals surface area contributed by atoms with Gasteiger partial charge in [0.1, 0.15) is 11.8 Å². The van der Waals surface area contributed by atoms with Crippen molar-refractivity contribution in [3.8, 4) is 5.75 Å². The van der Waals surface area contributed by atoms with Crippen LogP contribution in [0.4, 0.5) is 0 Å². The highest BCUT2D eigenvalue weighted by Crippen LogP contribution is 2.19. The van der Waals surface area contributed by atoms with Gasteiger partial charge in [-0.05, 0) is 43.5 Å². The molecule has 2 aromatic rings. The van der Waals surface area contributed by atoms with E-state index in [0.29, 0.717) is 25.3 Å². The Hall–Kier alpha value is -2.47. The number of nitrogens with zero attached hydrogens (tertiary/aromatic N) is 1. The van der Waals surface area contributed by atoms with Gasteiger partial charge in [0.15, 0.2) is 0 Å². The summed E-state index contributed by atoms with van der Waals surface area (Å²) < 4.78 is 5.22. The smallest absolute Gasteiger partial charge is 0.242 e. The summed E-state index contributed by atoms with van der Waals surface area (Å²) >= 11 is 1.58. The number of carbonyl (C=O) groups is 2. The highest BCUT2D eigenvalue weighted by Gasteiger charge is 2.28. The molecule has 2 aromatic carbocycles. The lowest BCUT2D eigenvalue weighted by molar-refractivity contribution is -0.139. The SMILES string of the molecule is CCNC(=O)[C@H](CC)N(Cc1ccc(OC)cc1)C(=O)CSCc1cccc(C)c1. The molecule has 0 radical (unpaired) electrons. The molecule has 0 saturated heterocycles. The lowest BCUT2D eigenvalue weighted by Gasteiger charge is -2.30. The molecule has 2 rings (SSSR count). The predicted octanol–water partition coefficient (Wildman–Crippen LogP) is 4.18. The standard InChI is InChI=1S/C24H32N2O3S/c1-5-22(24(28)25-6-2)26(15-19-10-12-21(29-4)13-11-19)23(27)17-30-16-20-9-7-8-18(3)14-20/h7-14,22H,5-6,15-17H2,1-4H3,(H,25,28)/t22-/m0/s1. The number of nitrogens with one attached hydrogen (secondary N) is 1. The van der Waals surface area contributed by atoms with Crippen LogP contribution in [-0.2, 0) is 21.9 Å². The fraction of sp³-hybridized carbons (Fsp3) is 0.417. The van der Waals surface area contributed by atoms with Crippen molar-refractivity contribution in [2.75, 3.05) is 19.4 Å². The Morgan fingerprint density at radius 2 is 1.83 bits per heavy atom. The highest BCUT2D eigenvalue weighted by molar-refractivity contribution is 7.99. The molecule has 2 amide bonds. The Kier molecular flexibility index (Phi) is 9.74. The van der Waals surface area contributed by atoms with Crippen molar-refractivity contribution in [2.45, 2.75) is 45.5 Å². The maximum atomic E-state index is 13.1. The Morgan fingerprint density at radius 1 is 1.10 bits per heavy atom. The van der Waals surface area contributed by atoms with Crippen molar-refractivity contribution >= 4 is 23.6 Å². The summed E-state index contributed by atoms with van der Waals surface area (Å²) in [5.41, 5.74) is 3.38. The van der Waals surface area contributed by atoms with E-state index in [1.807, 2.05) is 44.2 Å². The third-order valence-corrected chi connectivity index (χ3v) is 5.81. The first kappa shape index (κ1) is 23.8. The van der Waals surface area contributed by atoms with Gasteiger partial charge in [-0.25, -0.2) is 0 Å². The fourth-order valence-corrected chi connectivity index (χ4v) is 4.14. The average molecular weight is 429 g/mol. The van der Waals surface area contributed by atoms with Gasteiger partial charge in [0.2, 0.25) is 11.8 Å². The molecule has 0 fully saturated rings. The van der Waals surface area contributed by atoms with Gasteiger partial charge in [-0.2, -0.15) is 0 Å². The van der Waals surface area contributed by atoms with Crippen LogP contribution in [0.25, 0.3) is 0 Å². The molecule has 1 N–H and O–H groups in total. The van der Waals surface area contributed by atoms with Crippen LogP contribution in [0.5, 0.6) is 5.75 Å². The lowest BCUT2D eigenvalue weighted by atomic mass is 10.1. The molecule has 0 aliphatic heterocycles. The number of methoxy groups -OCH3 is 1. The van der Waals surface area contributed by atoms with E-state index in [-0.39, 0.29) is 11.8 Å². The highest BCUT2D eigenvalue weighted by atomic mass is 32.2. The lowest BCUT2D eigenvalue weighted by Crippen LogP contribution is -2.49. The molecule has 6 heteroatoms. The molecule has 1 atom stereocenters. The molecule has 0 aliphatic rings. The summed E-state index contributed by atoms with van der Waals surface area (Å²) in [6.45, 7) is 6.83. The van der Waals surface area contributed by atoms with Crippen molar-refractivity contribution in [3.05, 3.63) is 65.2 Å². The number of amides is 2.